The van der Waals surface area contributed by atoms with Crippen LogP contribution in [0, 0.1) is 0 Å². The molecule has 8 heteroatoms. The topological polar surface area (TPSA) is 77.6 Å². The van der Waals surface area contributed by atoms with Crippen molar-refractivity contribution < 1.29 is 4.42 Å². The summed E-state index contributed by atoms with van der Waals surface area (Å²) in [5.41, 5.74) is 7.88. The van der Waals surface area contributed by atoms with E-state index in [1.54, 1.807) is 22.7 Å². The predicted octanol–water partition coefficient (Wildman–Crippen LogP) is 13.6. The van der Waals surface area contributed by atoms with E-state index in [2.05, 4.69) is 109 Å². The molecular weight excluding hydrogens is 739 g/mol. The van der Waals surface area contributed by atoms with Crippen molar-refractivity contribution in [3.05, 3.63) is 164 Å². The van der Waals surface area contributed by atoms with Crippen LogP contribution < -0.4 is 0 Å². The van der Waals surface area contributed by atoms with Gasteiger partial charge >= 0.3 is 0 Å². The second-order valence-corrected chi connectivity index (χ2v) is 16.1. The van der Waals surface area contributed by atoms with E-state index in [1.807, 2.05) is 54.6 Å². The Bertz CT molecular complexity index is 3540. The number of nitrogens with zero attached hydrogens (tertiary/aromatic N) is 5. The van der Waals surface area contributed by atoms with Crippen molar-refractivity contribution in [2.24, 2.45) is 0 Å². The summed E-state index contributed by atoms with van der Waals surface area (Å²) in [5, 5.41) is 5.67. The van der Waals surface area contributed by atoms with Crippen LogP contribution in [0.15, 0.2) is 168 Å². The SMILES string of the molecule is c1ccc(-c2nc(-c3ccc4sc5c(-c6nc(-c7ccccc7)c7oc8ccccc8c7n6)cccc5c4c3)nc(-c3cccc4c3sc3ccccc34)n2)cc1. The maximum absolute atomic E-state index is 6.39. The van der Waals surface area contributed by atoms with Gasteiger partial charge in [-0.1, -0.05) is 115 Å². The van der Waals surface area contributed by atoms with Gasteiger partial charge in [0, 0.05) is 73.5 Å². The normalized spacial score (nSPS) is 11.9. The van der Waals surface area contributed by atoms with Gasteiger partial charge in [0.15, 0.2) is 28.9 Å². The molecule has 0 saturated carbocycles. The summed E-state index contributed by atoms with van der Waals surface area (Å²) >= 11 is 3.52. The fourth-order valence-corrected chi connectivity index (χ4v) is 10.3. The Labute approximate surface area is 333 Å². The van der Waals surface area contributed by atoms with E-state index in [1.165, 1.54) is 20.2 Å². The number of fused-ring (bicyclic) bond motifs is 9. The highest BCUT2D eigenvalue weighted by molar-refractivity contribution is 7.26. The molecule has 0 bridgehead atoms. The number of para-hydroxylation sites is 1. The molecule has 0 unspecified atom stereocenters. The van der Waals surface area contributed by atoms with Crippen LogP contribution in [0.5, 0.6) is 0 Å². The quantitative estimate of drug-likeness (QED) is 0.174. The molecule has 6 nitrogen and oxygen atoms in total. The highest BCUT2D eigenvalue weighted by atomic mass is 32.1. The summed E-state index contributed by atoms with van der Waals surface area (Å²) in [6, 6.07) is 56.3. The van der Waals surface area contributed by atoms with Gasteiger partial charge in [0.1, 0.15) is 16.8 Å². The fraction of sp³-hybridized carbons (Fsp3) is 0. The Morgan fingerprint density at radius 2 is 0.930 bits per heavy atom. The summed E-state index contributed by atoms with van der Waals surface area (Å²) in [4.78, 5) is 25.8. The molecule has 0 saturated heterocycles. The van der Waals surface area contributed by atoms with E-state index >= 15 is 0 Å². The van der Waals surface area contributed by atoms with Gasteiger partial charge in [0.25, 0.3) is 0 Å². The fourth-order valence-electron chi connectivity index (χ4n) is 7.88. The maximum Gasteiger partial charge on any atom is 0.180 e. The van der Waals surface area contributed by atoms with Crippen LogP contribution in [0.3, 0.4) is 0 Å². The van der Waals surface area contributed by atoms with Crippen LogP contribution in [0.1, 0.15) is 0 Å². The minimum absolute atomic E-state index is 0.627. The molecule has 12 rings (SSSR count). The first kappa shape index (κ1) is 32.1. The predicted molar refractivity (Wildman–Crippen MR) is 236 cm³/mol. The second-order valence-electron chi connectivity index (χ2n) is 14.0. The molecule has 7 aromatic carbocycles. The Balaban J connectivity index is 1.04. The van der Waals surface area contributed by atoms with Crippen molar-refractivity contribution in [3.8, 4) is 56.8 Å². The molecule has 5 heterocycles. The van der Waals surface area contributed by atoms with Crippen molar-refractivity contribution in [2.45, 2.75) is 0 Å². The summed E-state index contributed by atoms with van der Waals surface area (Å²) in [6.45, 7) is 0. The van der Waals surface area contributed by atoms with Crippen LogP contribution in [0.4, 0.5) is 0 Å². The van der Waals surface area contributed by atoms with Gasteiger partial charge in [-0.15, -0.1) is 22.7 Å². The summed E-state index contributed by atoms with van der Waals surface area (Å²) in [6.07, 6.45) is 0. The lowest BCUT2D eigenvalue weighted by Crippen LogP contribution is -2.00. The van der Waals surface area contributed by atoms with E-state index in [0.29, 0.717) is 28.9 Å². The van der Waals surface area contributed by atoms with E-state index < -0.39 is 0 Å². The first-order chi connectivity index (χ1) is 28.2. The highest BCUT2D eigenvalue weighted by Crippen LogP contribution is 2.43. The van der Waals surface area contributed by atoms with Crippen molar-refractivity contribution in [1.82, 2.24) is 24.9 Å². The van der Waals surface area contributed by atoms with E-state index in [-0.39, 0.29) is 0 Å². The second kappa shape index (κ2) is 12.7. The van der Waals surface area contributed by atoms with Crippen molar-refractivity contribution in [2.75, 3.05) is 0 Å². The van der Waals surface area contributed by atoms with Crippen molar-refractivity contribution in [3.63, 3.8) is 0 Å². The number of hydrogen-bond acceptors (Lipinski definition) is 8. The summed E-state index contributed by atoms with van der Waals surface area (Å²) in [7, 11) is 0. The number of rotatable bonds is 5. The van der Waals surface area contributed by atoms with Gasteiger partial charge in [-0.2, -0.15) is 0 Å². The summed E-state index contributed by atoms with van der Waals surface area (Å²) < 4.78 is 11.1. The monoisotopic (exact) mass is 765 g/mol. The summed E-state index contributed by atoms with van der Waals surface area (Å²) in [5.74, 6) is 2.58. The van der Waals surface area contributed by atoms with Crippen molar-refractivity contribution >= 4 is 85.1 Å². The average molecular weight is 766 g/mol. The van der Waals surface area contributed by atoms with Gasteiger partial charge in [-0.3, -0.25) is 0 Å². The third-order valence-electron chi connectivity index (χ3n) is 10.6. The highest BCUT2D eigenvalue weighted by Gasteiger charge is 2.21. The molecule has 0 aliphatic rings. The van der Waals surface area contributed by atoms with Crippen molar-refractivity contribution in [1.29, 1.82) is 0 Å². The molecule has 12 aromatic rings. The molecule has 0 radical (unpaired) electrons. The number of hydrogen-bond donors (Lipinski definition) is 0. The Morgan fingerprint density at radius 1 is 0.368 bits per heavy atom. The maximum atomic E-state index is 6.39. The molecule has 0 N–H and O–H groups in total. The first-order valence-electron chi connectivity index (χ1n) is 18.7. The lowest BCUT2D eigenvalue weighted by Gasteiger charge is -2.09. The van der Waals surface area contributed by atoms with E-state index in [4.69, 9.17) is 29.3 Å². The molecule has 0 aliphatic carbocycles. The minimum atomic E-state index is 0.627. The van der Waals surface area contributed by atoms with Gasteiger partial charge in [0.2, 0.25) is 0 Å². The zero-order valence-corrected chi connectivity index (χ0v) is 31.7. The Kier molecular flexibility index (Phi) is 7.17. The molecule has 5 aromatic heterocycles. The van der Waals surface area contributed by atoms with Gasteiger partial charge < -0.3 is 4.42 Å². The third-order valence-corrected chi connectivity index (χ3v) is 13.0. The number of thiophene rings is 2. The van der Waals surface area contributed by atoms with Gasteiger partial charge in [-0.05, 0) is 48.5 Å². The molecule has 0 aliphatic heterocycles. The minimum Gasteiger partial charge on any atom is -0.452 e. The molecular formula is C49H27N5OS2. The van der Waals surface area contributed by atoms with Crippen LogP contribution >= 0.6 is 22.7 Å². The number of aromatic nitrogens is 5. The van der Waals surface area contributed by atoms with Crippen LogP contribution in [-0.4, -0.2) is 24.9 Å². The Morgan fingerprint density at radius 3 is 1.68 bits per heavy atom. The van der Waals surface area contributed by atoms with Gasteiger partial charge in [-0.25, -0.2) is 24.9 Å². The van der Waals surface area contributed by atoms with Crippen LogP contribution in [0.25, 0.3) is 119 Å². The number of benzene rings is 7. The smallest absolute Gasteiger partial charge is 0.180 e. The van der Waals surface area contributed by atoms with E-state index in [0.717, 1.165) is 70.2 Å². The van der Waals surface area contributed by atoms with Crippen LogP contribution in [0.2, 0.25) is 0 Å². The Hall–Kier alpha value is -7.13. The average Bonchev–Trinajstić information content (AvgIpc) is 3.98. The lowest BCUT2D eigenvalue weighted by atomic mass is 10.1. The lowest BCUT2D eigenvalue weighted by molar-refractivity contribution is 0.667. The molecule has 266 valence electrons. The van der Waals surface area contributed by atoms with E-state index in [9.17, 15) is 0 Å². The first-order valence-corrected chi connectivity index (χ1v) is 20.3. The molecule has 57 heavy (non-hydrogen) atoms. The van der Waals surface area contributed by atoms with Gasteiger partial charge in [0.05, 0.1) is 0 Å². The third kappa shape index (κ3) is 5.19. The zero-order chi connectivity index (χ0) is 37.5. The van der Waals surface area contributed by atoms with Crippen LogP contribution in [-0.2, 0) is 0 Å². The molecule has 0 fully saturated rings. The zero-order valence-electron chi connectivity index (χ0n) is 30.0. The standard InChI is InChI=1S/C49H27N5OS2/c1-3-13-28(14-4-1)41-43-42(34-18-7-9-23-38(34)55-43)51-48(50-41)35-21-12-20-33-37-27-30(25-26-40(37)57-45(33)35)47-52-46(29-15-5-2-6-16-29)53-49(54-47)36-22-11-19-32-31-17-8-10-24-39(31)56-44(32)36/h1-27H. The number of furan rings is 1. The molecule has 0 atom stereocenters. The molecule has 0 spiro atoms. The molecule has 0 amide bonds. The largest absolute Gasteiger partial charge is 0.452 e.